The summed E-state index contributed by atoms with van der Waals surface area (Å²) in [7, 11) is 3.08. The van der Waals surface area contributed by atoms with E-state index in [0.717, 1.165) is 0 Å². The van der Waals surface area contributed by atoms with Gasteiger partial charge in [-0.25, -0.2) is 4.39 Å². The number of hydrogen-bond donors (Lipinski definition) is 1. The summed E-state index contributed by atoms with van der Waals surface area (Å²) in [4.78, 5) is 0. The molecule has 0 aliphatic heterocycles. The smallest absolute Gasteiger partial charge is 0.175 e. The molecule has 3 aromatic rings. The number of aliphatic hydroxyl groups is 1. The molecular weight excluding hydrogens is 313 g/mol. The van der Waals surface area contributed by atoms with Crippen molar-refractivity contribution in [1.82, 2.24) is 5.16 Å². The van der Waals surface area contributed by atoms with Gasteiger partial charge in [-0.3, -0.25) is 0 Å². The highest BCUT2D eigenvalue weighted by Crippen LogP contribution is 2.39. The number of methoxy groups -OCH3 is 2. The van der Waals surface area contributed by atoms with Gasteiger partial charge in [0.1, 0.15) is 23.0 Å². The number of rotatable bonds is 5. The molecule has 0 amide bonds. The predicted octanol–water partition coefficient (Wildman–Crippen LogP) is 3.66. The molecule has 0 aliphatic rings. The molecule has 2 aromatic carbocycles. The maximum Gasteiger partial charge on any atom is 0.175 e. The van der Waals surface area contributed by atoms with Gasteiger partial charge in [0.15, 0.2) is 5.76 Å². The van der Waals surface area contributed by atoms with Crippen LogP contribution in [-0.4, -0.2) is 24.5 Å². The number of benzene rings is 2. The third-order valence-corrected chi connectivity index (χ3v) is 3.73. The first kappa shape index (κ1) is 16.0. The van der Waals surface area contributed by atoms with E-state index >= 15 is 0 Å². The van der Waals surface area contributed by atoms with E-state index in [2.05, 4.69) is 5.16 Å². The second kappa shape index (κ2) is 6.72. The first-order valence-corrected chi connectivity index (χ1v) is 7.26. The summed E-state index contributed by atoms with van der Waals surface area (Å²) >= 11 is 0. The van der Waals surface area contributed by atoms with E-state index in [0.29, 0.717) is 28.3 Å². The summed E-state index contributed by atoms with van der Waals surface area (Å²) in [5.41, 5.74) is 1.59. The first-order chi connectivity index (χ1) is 11.7. The maximum atomic E-state index is 14.1. The van der Waals surface area contributed by atoms with Crippen molar-refractivity contribution in [3.8, 4) is 34.1 Å². The zero-order chi connectivity index (χ0) is 17.1. The monoisotopic (exact) mass is 329 g/mol. The minimum absolute atomic E-state index is 0.190. The minimum atomic E-state index is -0.451. The SMILES string of the molecule is COc1ccc(OC)c(-c2noc(-c3ccccc3F)c2CO)c1. The summed E-state index contributed by atoms with van der Waals surface area (Å²) in [6, 6.07) is 11.4. The van der Waals surface area contributed by atoms with Crippen molar-refractivity contribution in [3.63, 3.8) is 0 Å². The molecule has 0 atom stereocenters. The molecular formula is C18H16FNO4. The number of ether oxygens (including phenoxy) is 2. The molecule has 1 aromatic heterocycles. The lowest BCUT2D eigenvalue weighted by Crippen LogP contribution is -1.94. The molecule has 0 fully saturated rings. The maximum absolute atomic E-state index is 14.1. The molecule has 0 saturated heterocycles. The quantitative estimate of drug-likeness (QED) is 0.774. The van der Waals surface area contributed by atoms with Gasteiger partial charge in [-0.1, -0.05) is 17.3 Å². The molecule has 0 unspecified atom stereocenters. The van der Waals surface area contributed by atoms with Crippen molar-refractivity contribution >= 4 is 0 Å². The molecule has 0 bridgehead atoms. The van der Waals surface area contributed by atoms with E-state index in [1.54, 1.807) is 43.5 Å². The zero-order valence-corrected chi connectivity index (χ0v) is 13.2. The highest BCUT2D eigenvalue weighted by molar-refractivity contribution is 5.77. The van der Waals surface area contributed by atoms with Gasteiger partial charge in [-0.15, -0.1) is 0 Å². The van der Waals surface area contributed by atoms with Gasteiger partial charge in [0.2, 0.25) is 0 Å². The van der Waals surface area contributed by atoms with Crippen LogP contribution in [0.3, 0.4) is 0 Å². The van der Waals surface area contributed by atoms with Gasteiger partial charge >= 0.3 is 0 Å². The molecule has 0 saturated carbocycles. The van der Waals surface area contributed by atoms with Gasteiger partial charge in [0.05, 0.1) is 32.0 Å². The van der Waals surface area contributed by atoms with Crippen LogP contribution in [0.25, 0.3) is 22.6 Å². The number of hydrogen-bond acceptors (Lipinski definition) is 5. The highest BCUT2D eigenvalue weighted by Gasteiger charge is 2.23. The second-order valence-corrected chi connectivity index (χ2v) is 5.04. The van der Waals surface area contributed by atoms with Crippen molar-refractivity contribution < 1.29 is 23.5 Å². The van der Waals surface area contributed by atoms with Gasteiger partial charge in [-0.2, -0.15) is 0 Å². The molecule has 5 nitrogen and oxygen atoms in total. The van der Waals surface area contributed by atoms with E-state index in [9.17, 15) is 9.50 Å². The van der Waals surface area contributed by atoms with Gasteiger partial charge < -0.3 is 19.1 Å². The van der Waals surface area contributed by atoms with Gasteiger partial charge in [-0.05, 0) is 30.3 Å². The van der Waals surface area contributed by atoms with Crippen LogP contribution in [0.1, 0.15) is 5.56 Å². The molecule has 3 rings (SSSR count). The van der Waals surface area contributed by atoms with E-state index in [4.69, 9.17) is 14.0 Å². The Labute approximate surface area is 138 Å². The Bertz CT molecular complexity index is 860. The van der Waals surface area contributed by atoms with Crippen LogP contribution in [0.4, 0.5) is 4.39 Å². The first-order valence-electron chi connectivity index (χ1n) is 7.26. The molecule has 1 heterocycles. The van der Waals surface area contributed by atoms with E-state index in [1.807, 2.05) is 0 Å². The van der Waals surface area contributed by atoms with E-state index < -0.39 is 5.82 Å². The third-order valence-electron chi connectivity index (χ3n) is 3.73. The molecule has 124 valence electrons. The lowest BCUT2D eigenvalue weighted by Gasteiger charge is -2.09. The summed E-state index contributed by atoms with van der Waals surface area (Å²) < 4.78 is 30.0. The normalized spacial score (nSPS) is 10.7. The fourth-order valence-corrected chi connectivity index (χ4v) is 2.52. The van der Waals surface area contributed by atoms with Crippen molar-refractivity contribution in [2.45, 2.75) is 6.61 Å². The average Bonchev–Trinajstić information content (AvgIpc) is 3.05. The lowest BCUT2D eigenvalue weighted by molar-refractivity contribution is 0.281. The largest absolute Gasteiger partial charge is 0.497 e. The van der Waals surface area contributed by atoms with Gasteiger partial charge in [0.25, 0.3) is 0 Å². The van der Waals surface area contributed by atoms with Crippen molar-refractivity contribution in [1.29, 1.82) is 0 Å². The van der Waals surface area contributed by atoms with E-state index in [-0.39, 0.29) is 17.9 Å². The molecule has 0 radical (unpaired) electrons. The Balaban J connectivity index is 2.19. The second-order valence-electron chi connectivity index (χ2n) is 5.04. The van der Waals surface area contributed by atoms with Crippen LogP contribution in [-0.2, 0) is 6.61 Å². The fourth-order valence-electron chi connectivity index (χ4n) is 2.52. The standard InChI is InChI=1S/C18H16FNO4/c1-22-11-7-8-16(23-2)13(9-11)17-14(10-21)18(24-20-17)12-5-3-4-6-15(12)19/h3-9,21H,10H2,1-2H3. The lowest BCUT2D eigenvalue weighted by atomic mass is 10.0. The third kappa shape index (κ3) is 2.72. The topological polar surface area (TPSA) is 64.7 Å². The Hall–Kier alpha value is -2.86. The van der Waals surface area contributed by atoms with Crippen LogP contribution >= 0.6 is 0 Å². The molecule has 0 aliphatic carbocycles. The van der Waals surface area contributed by atoms with Crippen LogP contribution < -0.4 is 9.47 Å². The number of halogens is 1. The highest BCUT2D eigenvalue weighted by atomic mass is 19.1. The van der Waals surface area contributed by atoms with Crippen LogP contribution in [0.15, 0.2) is 47.0 Å². The average molecular weight is 329 g/mol. The summed E-state index contributed by atoms with van der Waals surface area (Å²) in [5.74, 6) is 0.881. The van der Waals surface area contributed by atoms with Crippen LogP contribution in [0, 0.1) is 5.82 Å². The van der Waals surface area contributed by atoms with Crippen molar-refractivity contribution in [2.75, 3.05) is 14.2 Å². The predicted molar refractivity (Wildman–Crippen MR) is 86.4 cm³/mol. The zero-order valence-electron chi connectivity index (χ0n) is 13.2. The summed E-state index contributed by atoms with van der Waals surface area (Å²) in [5, 5.41) is 13.8. The number of nitrogens with zero attached hydrogens (tertiary/aromatic N) is 1. The van der Waals surface area contributed by atoms with Gasteiger partial charge in [0, 0.05) is 5.56 Å². The van der Waals surface area contributed by atoms with Crippen molar-refractivity contribution in [3.05, 3.63) is 53.8 Å². The number of aliphatic hydroxyl groups excluding tert-OH is 1. The molecule has 1 N–H and O–H groups in total. The van der Waals surface area contributed by atoms with Crippen molar-refractivity contribution in [2.24, 2.45) is 0 Å². The molecule has 6 heteroatoms. The van der Waals surface area contributed by atoms with Crippen LogP contribution in [0.5, 0.6) is 11.5 Å². The Kier molecular flexibility index (Phi) is 4.48. The number of aromatic nitrogens is 1. The Morgan fingerprint density at radius 1 is 1.08 bits per heavy atom. The molecule has 24 heavy (non-hydrogen) atoms. The Morgan fingerprint density at radius 2 is 1.88 bits per heavy atom. The minimum Gasteiger partial charge on any atom is -0.497 e. The summed E-state index contributed by atoms with van der Waals surface area (Å²) in [6.07, 6.45) is 0. The van der Waals surface area contributed by atoms with Crippen LogP contribution in [0.2, 0.25) is 0 Å². The Morgan fingerprint density at radius 3 is 2.54 bits per heavy atom. The van der Waals surface area contributed by atoms with E-state index in [1.165, 1.54) is 13.2 Å². The summed E-state index contributed by atoms with van der Waals surface area (Å²) in [6.45, 7) is -0.358. The fraction of sp³-hybridized carbons (Fsp3) is 0.167. The molecule has 0 spiro atoms.